The minimum Gasteiger partial charge on any atom is -0.504 e. The molecule has 0 heterocycles. The van der Waals surface area contributed by atoms with E-state index in [1.54, 1.807) is 13.0 Å². The van der Waals surface area contributed by atoms with Crippen molar-refractivity contribution in [3.63, 3.8) is 0 Å². The lowest BCUT2D eigenvalue weighted by molar-refractivity contribution is -0.122. The number of nitrogens with one attached hydrogen (secondary N) is 1. The number of hydrogen-bond acceptors (Lipinski definition) is 7. The number of esters is 1. The number of rotatable bonds is 11. The van der Waals surface area contributed by atoms with Crippen LogP contribution in [0.1, 0.15) is 29.3 Å². The highest BCUT2D eigenvalue weighted by atomic mass is 16.5. The van der Waals surface area contributed by atoms with E-state index in [2.05, 4.69) is 11.9 Å². The summed E-state index contributed by atoms with van der Waals surface area (Å²) in [6.07, 6.45) is 4.98. The summed E-state index contributed by atoms with van der Waals surface area (Å²) in [5.74, 6) is -2.03. The molecule has 0 aliphatic heterocycles. The molecule has 0 aliphatic carbocycles. The molecule has 0 saturated carbocycles. The minimum absolute atomic E-state index is 0.163. The van der Waals surface area contributed by atoms with Gasteiger partial charge in [-0.1, -0.05) is 12.1 Å². The van der Waals surface area contributed by atoms with Crippen molar-refractivity contribution < 1.29 is 34.1 Å². The number of nitrogens with zero attached hydrogens (tertiary/aromatic N) is 1. The van der Waals surface area contributed by atoms with E-state index in [1.807, 2.05) is 0 Å². The molecule has 180 valence electrons. The van der Waals surface area contributed by atoms with Crippen LogP contribution in [0, 0.1) is 0 Å². The number of hydrogen-bond donors (Lipinski definition) is 3. The predicted octanol–water partition coefficient (Wildman–Crippen LogP) is 3.48. The highest BCUT2D eigenvalue weighted by Gasteiger charge is 2.20. The molecular weight excluding hydrogens is 440 g/mol. The lowest BCUT2D eigenvalue weighted by Gasteiger charge is -2.21. The van der Waals surface area contributed by atoms with Gasteiger partial charge in [-0.25, -0.2) is 4.79 Å². The van der Waals surface area contributed by atoms with Gasteiger partial charge < -0.3 is 29.9 Å². The summed E-state index contributed by atoms with van der Waals surface area (Å²) in [6.45, 7) is 5.58. The van der Waals surface area contributed by atoms with Gasteiger partial charge in [0.15, 0.2) is 11.5 Å². The molecular formula is C25H28N2O7. The summed E-state index contributed by atoms with van der Waals surface area (Å²) in [5.41, 5.74) is 1.27. The molecule has 9 nitrogen and oxygen atoms in total. The van der Waals surface area contributed by atoms with Crippen molar-refractivity contribution in [1.29, 1.82) is 0 Å². The van der Waals surface area contributed by atoms with E-state index >= 15 is 0 Å². The highest BCUT2D eigenvalue weighted by molar-refractivity contribution is 6.06. The van der Waals surface area contributed by atoms with Crippen LogP contribution in [0.3, 0.4) is 0 Å². The maximum Gasteiger partial charge on any atom is 0.340 e. The monoisotopic (exact) mass is 468 g/mol. The van der Waals surface area contributed by atoms with Gasteiger partial charge in [0, 0.05) is 18.8 Å². The van der Waals surface area contributed by atoms with E-state index in [1.165, 1.54) is 60.5 Å². The Morgan fingerprint density at radius 2 is 1.88 bits per heavy atom. The molecule has 0 spiro atoms. The molecule has 34 heavy (non-hydrogen) atoms. The van der Waals surface area contributed by atoms with Gasteiger partial charge in [-0.15, -0.1) is 6.58 Å². The van der Waals surface area contributed by atoms with E-state index in [0.29, 0.717) is 24.3 Å². The Hall–Kier alpha value is -4.11. The number of carbonyl (C=O) groups is 3. The minimum atomic E-state index is -0.602. The lowest BCUT2D eigenvalue weighted by Crippen LogP contribution is -2.32. The molecule has 0 radical (unpaired) electrons. The van der Waals surface area contributed by atoms with E-state index in [0.717, 1.165) is 0 Å². The van der Waals surface area contributed by atoms with Crippen LogP contribution in [0.15, 0.2) is 55.1 Å². The molecule has 2 aromatic carbocycles. The van der Waals surface area contributed by atoms with E-state index < -0.39 is 11.9 Å². The number of aromatic hydroxyl groups is 2. The fourth-order valence-electron chi connectivity index (χ4n) is 2.83. The van der Waals surface area contributed by atoms with Crippen molar-refractivity contribution in [2.24, 2.45) is 0 Å². The molecule has 2 rings (SSSR count). The number of anilines is 2. The van der Waals surface area contributed by atoms with Crippen molar-refractivity contribution in [3.05, 3.63) is 66.3 Å². The Bertz CT molecular complexity index is 1080. The Labute approximate surface area is 197 Å². The zero-order chi connectivity index (χ0) is 25.1. The first kappa shape index (κ1) is 26.1. The zero-order valence-electron chi connectivity index (χ0n) is 19.1. The Kier molecular flexibility index (Phi) is 9.85. The number of phenolic OH excluding ortho intramolecular Hbond substituents is 2. The first-order valence-electron chi connectivity index (χ1n) is 10.5. The average molecular weight is 469 g/mol. The SMILES string of the molecule is C=CCCOCC(=O)N(C)c1cc(NC(=O)C=Cc2ccc(O)c(O)c2)ccc1C(=O)OCC. The van der Waals surface area contributed by atoms with Gasteiger partial charge in [-0.05, 0) is 55.3 Å². The maximum atomic E-state index is 12.6. The van der Waals surface area contributed by atoms with Crippen LogP contribution >= 0.6 is 0 Å². The lowest BCUT2D eigenvalue weighted by atomic mass is 10.1. The number of phenols is 2. The van der Waals surface area contributed by atoms with Crippen LogP contribution in [0.25, 0.3) is 6.08 Å². The maximum absolute atomic E-state index is 12.6. The smallest absolute Gasteiger partial charge is 0.340 e. The second-order valence-electron chi connectivity index (χ2n) is 7.11. The summed E-state index contributed by atoms with van der Waals surface area (Å²) in [5, 5.41) is 21.6. The van der Waals surface area contributed by atoms with Gasteiger partial charge in [0.1, 0.15) is 6.61 Å². The average Bonchev–Trinajstić information content (AvgIpc) is 2.82. The fourth-order valence-corrected chi connectivity index (χ4v) is 2.83. The van der Waals surface area contributed by atoms with Crippen molar-refractivity contribution >= 4 is 35.2 Å². The van der Waals surface area contributed by atoms with Crippen LogP contribution in [0.2, 0.25) is 0 Å². The van der Waals surface area contributed by atoms with E-state index in [4.69, 9.17) is 9.47 Å². The van der Waals surface area contributed by atoms with Gasteiger partial charge in [0.05, 0.1) is 24.5 Å². The molecule has 0 bridgehead atoms. The zero-order valence-corrected chi connectivity index (χ0v) is 19.1. The van der Waals surface area contributed by atoms with E-state index in [9.17, 15) is 24.6 Å². The van der Waals surface area contributed by atoms with Crippen molar-refractivity contribution in [2.75, 3.05) is 37.1 Å². The van der Waals surface area contributed by atoms with Crippen LogP contribution in [-0.4, -0.2) is 54.9 Å². The quantitative estimate of drug-likeness (QED) is 0.152. The number of benzene rings is 2. The van der Waals surface area contributed by atoms with Gasteiger partial charge in [0.25, 0.3) is 5.91 Å². The third kappa shape index (κ3) is 7.49. The summed E-state index contributed by atoms with van der Waals surface area (Å²) in [7, 11) is 1.50. The van der Waals surface area contributed by atoms with Gasteiger partial charge in [0.2, 0.25) is 5.91 Å². The standard InChI is InChI=1S/C25H28N2O7/c1-4-6-13-33-16-24(31)27(3)20-15-18(9-10-19(20)25(32)34-5-2)26-23(30)12-8-17-7-11-21(28)22(29)14-17/h4,7-12,14-15,28-29H,1,5-6,13,16H2,2-3H3,(H,26,30). The molecule has 2 amide bonds. The van der Waals surface area contributed by atoms with Crippen molar-refractivity contribution in [2.45, 2.75) is 13.3 Å². The Morgan fingerprint density at radius 3 is 2.56 bits per heavy atom. The van der Waals surface area contributed by atoms with Crippen LogP contribution in [0.5, 0.6) is 11.5 Å². The number of carbonyl (C=O) groups excluding carboxylic acids is 3. The summed E-state index contributed by atoms with van der Waals surface area (Å²) in [6, 6.07) is 8.62. The Morgan fingerprint density at radius 1 is 1.12 bits per heavy atom. The number of likely N-dealkylation sites (N-methyl/N-ethyl adjacent to an activating group) is 1. The number of amides is 2. The van der Waals surface area contributed by atoms with Crippen LogP contribution in [0.4, 0.5) is 11.4 Å². The van der Waals surface area contributed by atoms with Crippen molar-refractivity contribution in [3.8, 4) is 11.5 Å². The number of ether oxygens (including phenoxy) is 2. The fraction of sp³-hybridized carbons (Fsp3) is 0.240. The van der Waals surface area contributed by atoms with Crippen LogP contribution < -0.4 is 10.2 Å². The topological polar surface area (TPSA) is 125 Å². The molecule has 3 N–H and O–H groups in total. The third-order valence-electron chi connectivity index (χ3n) is 4.61. The van der Waals surface area contributed by atoms with Gasteiger partial charge in [-0.3, -0.25) is 9.59 Å². The normalized spacial score (nSPS) is 10.6. The summed E-state index contributed by atoms with van der Waals surface area (Å²) in [4.78, 5) is 38.6. The van der Waals surface area contributed by atoms with Crippen LogP contribution in [-0.2, 0) is 19.1 Å². The van der Waals surface area contributed by atoms with E-state index in [-0.39, 0.29) is 41.9 Å². The van der Waals surface area contributed by atoms with Crippen molar-refractivity contribution in [1.82, 2.24) is 0 Å². The molecule has 0 aliphatic rings. The van der Waals surface area contributed by atoms with Gasteiger partial charge in [-0.2, -0.15) is 0 Å². The molecule has 0 aromatic heterocycles. The first-order chi connectivity index (χ1) is 16.3. The third-order valence-corrected chi connectivity index (χ3v) is 4.61. The molecule has 0 saturated heterocycles. The molecule has 0 fully saturated rings. The second kappa shape index (κ2) is 12.8. The largest absolute Gasteiger partial charge is 0.504 e. The first-order valence-corrected chi connectivity index (χ1v) is 10.5. The second-order valence-corrected chi connectivity index (χ2v) is 7.11. The molecule has 0 unspecified atom stereocenters. The summed E-state index contributed by atoms with van der Waals surface area (Å²) < 4.78 is 10.4. The summed E-state index contributed by atoms with van der Waals surface area (Å²) >= 11 is 0. The van der Waals surface area contributed by atoms with Gasteiger partial charge >= 0.3 is 5.97 Å². The molecule has 0 atom stereocenters. The highest BCUT2D eigenvalue weighted by Crippen LogP contribution is 2.27. The predicted molar refractivity (Wildman–Crippen MR) is 129 cm³/mol. The Balaban J connectivity index is 2.21. The molecule has 2 aromatic rings. The molecule has 9 heteroatoms.